The van der Waals surface area contributed by atoms with E-state index in [9.17, 15) is 0 Å². The van der Waals surface area contributed by atoms with E-state index < -0.39 is 0 Å². The summed E-state index contributed by atoms with van der Waals surface area (Å²) >= 11 is 1.31. The maximum Gasteiger partial charge on any atom is 0.197 e. The zero-order valence-corrected chi connectivity index (χ0v) is 13.4. The van der Waals surface area contributed by atoms with E-state index in [0.717, 1.165) is 16.3 Å². The summed E-state index contributed by atoms with van der Waals surface area (Å²) in [6.07, 6.45) is 0.0607. The summed E-state index contributed by atoms with van der Waals surface area (Å²) in [6, 6.07) is 7.99. The van der Waals surface area contributed by atoms with Gasteiger partial charge in [0.2, 0.25) is 0 Å². The van der Waals surface area contributed by atoms with Crippen molar-refractivity contribution in [3.05, 3.63) is 29.8 Å². The lowest BCUT2D eigenvalue weighted by Crippen LogP contribution is -2.08. The molecule has 2 aromatic rings. The fourth-order valence-electron chi connectivity index (χ4n) is 1.85. The highest BCUT2D eigenvalue weighted by atomic mass is 32.1. The zero-order chi connectivity index (χ0) is 15.2. The predicted molar refractivity (Wildman–Crippen MR) is 87.2 cm³/mol. The van der Waals surface area contributed by atoms with Gasteiger partial charge < -0.3 is 20.5 Å². The van der Waals surface area contributed by atoms with Crippen LogP contribution < -0.4 is 20.5 Å². The second-order valence-corrected chi connectivity index (χ2v) is 5.60. The predicted octanol–water partition coefficient (Wildman–Crippen LogP) is 3.52. The number of aromatic nitrogens is 1. The van der Waals surface area contributed by atoms with Crippen molar-refractivity contribution < 1.29 is 9.47 Å². The van der Waals surface area contributed by atoms with Crippen LogP contribution in [-0.2, 0) is 6.54 Å². The number of hydrogen-bond acceptors (Lipinski definition) is 6. The molecule has 2 rings (SSSR count). The van der Waals surface area contributed by atoms with Gasteiger partial charge in [0.15, 0.2) is 16.6 Å². The van der Waals surface area contributed by atoms with Crippen molar-refractivity contribution in [1.82, 2.24) is 4.37 Å². The average Bonchev–Trinajstić information content (AvgIpc) is 2.78. The fourth-order valence-corrected chi connectivity index (χ4v) is 2.50. The number of nitrogens with zero attached hydrogens (tertiary/aromatic N) is 1. The topological polar surface area (TPSA) is 69.4 Å². The molecule has 1 aromatic heterocycles. The van der Waals surface area contributed by atoms with Crippen LogP contribution in [0.3, 0.4) is 0 Å². The molecule has 0 amide bonds. The first-order chi connectivity index (χ1) is 10.1. The Hall–Kier alpha value is -1.95. The van der Waals surface area contributed by atoms with Crippen LogP contribution in [0, 0.1) is 0 Å². The summed E-state index contributed by atoms with van der Waals surface area (Å²) in [6.45, 7) is 7.23. The standard InChI is InChI=1S/C15H21N3O2S/c1-4-19-12-7-5-6-11(8-12)9-17-15-13(20-10(2)3)14(16)18-21-15/h5-8,10,17H,4,9H2,1-3H3,(H2,16,18). The van der Waals surface area contributed by atoms with Gasteiger partial charge in [0, 0.05) is 6.54 Å². The van der Waals surface area contributed by atoms with E-state index in [2.05, 4.69) is 9.69 Å². The van der Waals surface area contributed by atoms with Crippen LogP contribution in [0.2, 0.25) is 0 Å². The van der Waals surface area contributed by atoms with E-state index in [0.29, 0.717) is 24.7 Å². The maximum atomic E-state index is 5.84. The molecule has 0 saturated heterocycles. The third-order valence-corrected chi connectivity index (χ3v) is 3.49. The fraction of sp³-hybridized carbons (Fsp3) is 0.400. The minimum Gasteiger partial charge on any atom is -0.494 e. The lowest BCUT2D eigenvalue weighted by molar-refractivity contribution is 0.245. The first kappa shape index (κ1) is 15.4. The molecule has 1 heterocycles. The Bertz CT molecular complexity index is 584. The summed E-state index contributed by atoms with van der Waals surface area (Å²) in [4.78, 5) is 0. The highest BCUT2D eigenvalue weighted by Crippen LogP contribution is 2.36. The van der Waals surface area contributed by atoms with Gasteiger partial charge in [-0.25, -0.2) is 0 Å². The smallest absolute Gasteiger partial charge is 0.197 e. The molecule has 5 nitrogen and oxygen atoms in total. The molecule has 0 radical (unpaired) electrons. The maximum absolute atomic E-state index is 5.84. The van der Waals surface area contributed by atoms with E-state index >= 15 is 0 Å². The molecule has 6 heteroatoms. The van der Waals surface area contributed by atoms with Gasteiger partial charge in [-0.1, -0.05) is 12.1 Å². The Balaban J connectivity index is 2.04. The number of benzene rings is 1. The van der Waals surface area contributed by atoms with Crippen LogP contribution in [-0.4, -0.2) is 17.1 Å². The first-order valence-corrected chi connectivity index (χ1v) is 7.75. The second kappa shape index (κ2) is 7.17. The normalized spacial score (nSPS) is 10.7. The number of anilines is 2. The van der Waals surface area contributed by atoms with Crippen molar-refractivity contribution in [3.8, 4) is 11.5 Å². The molecule has 0 aliphatic carbocycles. The van der Waals surface area contributed by atoms with Crippen LogP contribution >= 0.6 is 11.5 Å². The van der Waals surface area contributed by atoms with Gasteiger partial charge in [-0.3, -0.25) is 0 Å². The van der Waals surface area contributed by atoms with Crippen LogP contribution in [0.1, 0.15) is 26.3 Å². The lowest BCUT2D eigenvalue weighted by atomic mass is 10.2. The number of rotatable bonds is 7. The Morgan fingerprint density at radius 3 is 2.90 bits per heavy atom. The third-order valence-electron chi connectivity index (χ3n) is 2.69. The molecule has 0 bridgehead atoms. The molecular formula is C15H21N3O2S. The van der Waals surface area contributed by atoms with Crippen molar-refractivity contribution in [2.24, 2.45) is 0 Å². The number of ether oxygens (including phenoxy) is 2. The van der Waals surface area contributed by atoms with Crippen molar-refractivity contribution in [2.45, 2.75) is 33.4 Å². The summed E-state index contributed by atoms with van der Waals surface area (Å²) in [7, 11) is 0. The van der Waals surface area contributed by atoms with Crippen molar-refractivity contribution >= 4 is 22.4 Å². The zero-order valence-electron chi connectivity index (χ0n) is 12.6. The SMILES string of the molecule is CCOc1cccc(CNc2snc(N)c2OC(C)C)c1. The van der Waals surface area contributed by atoms with Crippen LogP contribution in [0.4, 0.5) is 10.8 Å². The largest absolute Gasteiger partial charge is 0.494 e. The van der Waals surface area contributed by atoms with Gasteiger partial charge in [-0.2, -0.15) is 4.37 Å². The Morgan fingerprint density at radius 2 is 2.19 bits per heavy atom. The highest BCUT2D eigenvalue weighted by molar-refractivity contribution is 7.11. The van der Waals surface area contributed by atoms with E-state index in [1.165, 1.54) is 11.5 Å². The summed E-state index contributed by atoms with van der Waals surface area (Å²) < 4.78 is 15.3. The summed E-state index contributed by atoms with van der Waals surface area (Å²) in [5.41, 5.74) is 6.96. The summed E-state index contributed by atoms with van der Waals surface area (Å²) in [5.74, 6) is 1.94. The minimum atomic E-state index is 0.0607. The van der Waals surface area contributed by atoms with E-state index in [-0.39, 0.29) is 6.10 Å². The van der Waals surface area contributed by atoms with Gasteiger partial charge in [0.1, 0.15) is 5.75 Å². The van der Waals surface area contributed by atoms with Crippen LogP contribution in [0.5, 0.6) is 11.5 Å². The second-order valence-electron chi connectivity index (χ2n) is 4.83. The molecule has 114 valence electrons. The Morgan fingerprint density at radius 1 is 1.38 bits per heavy atom. The molecule has 21 heavy (non-hydrogen) atoms. The van der Waals surface area contributed by atoms with E-state index in [4.69, 9.17) is 15.2 Å². The molecular weight excluding hydrogens is 286 g/mol. The molecule has 1 aromatic carbocycles. The molecule has 0 saturated carbocycles. The molecule has 3 N–H and O–H groups in total. The quantitative estimate of drug-likeness (QED) is 0.819. The number of nitrogen functional groups attached to an aromatic ring is 1. The van der Waals surface area contributed by atoms with Crippen molar-refractivity contribution in [3.63, 3.8) is 0 Å². The van der Waals surface area contributed by atoms with Crippen molar-refractivity contribution in [2.75, 3.05) is 17.7 Å². The van der Waals surface area contributed by atoms with Crippen LogP contribution in [0.25, 0.3) is 0 Å². The highest BCUT2D eigenvalue weighted by Gasteiger charge is 2.14. The molecule has 0 unspecified atom stereocenters. The van der Waals surface area contributed by atoms with Gasteiger partial charge in [0.25, 0.3) is 0 Å². The molecule has 0 atom stereocenters. The molecule has 0 spiro atoms. The summed E-state index contributed by atoms with van der Waals surface area (Å²) in [5, 5.41) is 4.17. The monoisotopic (exact) mass is 307 g/mol. The van der Waals surface area contributed by atoms with Crippen molar-refractivity contribution in [1.29, 1.82) is 0 Å². The third kappa shape index (κ3) is 4.26. The Labute approximate surface area is 129 Å². The molecule has 0 aliphatic rings. The van der Waals surface area contributed by atoms with Gasteiger partial charge >= 0.3 is 0 Å². The van der Waals surface area contributed by atoms with E-state index in [1.54, 1.807) is 0 Å². The number of hydrogen-bond donors (Lipinski definition) is 2. The van der Waals surface area contributed by atoms with Gasteiger partial charge in [-0.15, -0.1) is 0 Å². The number of nitrogens with one attached hydrogen (secondary N) is 1. The number of nitrogens with two attached hydrogens (primary N) is 1. The average molecular weight is 307 g/mol. The lowest BCUT2D eigenvalue weighted by Gasteiger charge is -2.12. The van der Waals surface area contributed by atoms with Crippen LogP contribution in [0.15, 0.2) is 24.3 Å². The minimum absolute atomic E-state index is 0.0607. The molecule has 0 aliphatic heterocycles. The van der Waals surface area contributed by atoms with Gasteiger partial charge in [0.05, 0.1) is 12.7 Å². The van der Waals surface area contributed by atoms with Gasteiger partial charge in [-0.05, 0) is 50.0 Å². The first-order valence-electron chi connectivity index (χ1n) is 6.97. The Kier molecular flexibility index (Phi) is 5.27. The molecule has 0 fully saturated rings. The van der Waals surface area contributed by atoms with E-state index in [1.807, 2.05) is 45.0 Å².